The van der Waals surface area contributed by atoms with E-state index in [1.165, 1.54) is 5.56 Å². The molecule has 3 atom stereocenters. The van der Waals surface area contributed by atoms with Crippen LogP contribution in [0, 0.1) is 0 Å². The van der Waals surface area contributed by atoms with Gasteiger partial charge in [-0.1, -0.05) is 23.4 Å². The predicted octanol–water partition coefficient (Wildman–Crippen LogP) is 5.01. The lowest BCUT2D eigenvalue weighted by Crippen LogP contribution is -2.29. The molecule has 0 aliphatic carbocycles. The largest absolute Gasteiger partial charge is 0.484 e. The number of aromatic nitrogens is 4. The molecule has 9 heteroatoms. The maximum absolute atomic E-state index is 12.2. The van der Waals surface area contributed by atoms with Crippen LogP contribution < -0.4 is 4.74 Å². The lowest BCUT2D eigenvalue weighted by Gasteiger charge is -2.29. The van der Waals surface area contributed by atoms with Gasteiger partial charge in [-0.05, 0) is 67.6 Å². The van der Waals surface area contributed by atoms with Gasteiger partial charge in [0.05, 0.1) is 49.2 Å². The van der Waals surface area contributed by atoms with Crippen LogP contribution in [0.15, 0.2) is 60.9 Å². The Morgan fingerprint density at radius 3 is 2.97 bits per heavy atom. The molecule has 0 bridgehead atoms. The maximum atomic E-state index is 12.2. The average Bonchev–Trinajstić information content (AvgIpc) is 3.49. The Labute approximate surface area is 227 Å². The second kappa shape index (κ2) is 11.5. The Morgan fingerprint density at radius 1 is 1.18 bits per heavy atom. The number of hydrogen-bond donors (Lipinski definition) is 0. The quantitative estimate of drug-likeness (QED) is 0.295. The average molecular weight is 529 g/mol. The molecule has 4 aromatic rings. The highest BCUT2D eigenvalue weighted by atomic mass is 16.5. The third-order valence-corrected chi connectivity index (χ3v) is 7.45. The fourth-order valence-corrected chi connectivity index (χ4v) is 5.28. The molecule has 0 N–H and O–H groups in total. The number of fused-ring (bicyclic) bond motifs is 3. The van der Waals surface area contributed by atoms with E-state index in [0.717, 1.165) is 53.8 Å². The van der Waals surface area contributed by atoms with Crippen LogP contribution in [0.5, 0.6) is 5.75 Å². The minimum atomic E-state index is -0.311. The summed E-state index contributed by atoms with van der Waals surface area (Å²) in [7, 11) is 0. The molecule has 39 heavy (non-hydrogen) atoms. The van der Waals surface area contributed by atoms with E-state index in [1.54, 1.807) is 12.1 Å². The summed E-state index contributed by atoms with van der Waals surface area (Å²) in [5.74, 6) is 0.469. The number of esters is 1. The van der Waals surface area contributed by atoms with E-state index in [0.29, 0.717) is 31.8 Å². The summed E-state index contributed by atoms with van der Waals surface area (Å²) < 4.78 is 25.2. The molecule has 4 heterocycles. The van der Waals surface area contributed by atoms with Gasteiger partial charge >= 0.3 is 5.97 Å². The van der Waals surface area contributed by atoms with E-state index in [9.17, 15) is 4.79 Å². The molecular weight excluding hydrogens is 496 g/mol. The second-order valence-electron chi connectivity index (χ2n) is 10.1. The van der Waals surface area contributed by atoms with Crippen LogP contribution in [-0.2, 0) is 27.2 Å². The zero-order valence-corrected chi connectivity index (χ0v) is 22.0. The number of pyridine rings is 1. The lowest BCUT2D eigenvalue weighted by molar-refractivity contribution is -0.0235. The highest BCUT2D eigenvalue weighted by Crippen LogP contribution is 2.31. The minimum absolute atomic E-state index is 0.00353. The third kappa shape index (κ3) is 5.79. The molecule has 2 aromatic heterocycles. The number of carbonyl (C=O) groups excluding carboxylic acids is 1. The van der Waals surface area contributed by atoms with Crippen LogP contribution >= 0.6 is 0 Å². The Kier molecular flexibility index (Phi) is 7.51. The van der Waals surface area contributed by atoms with Gasteiger partial charge in [-0.2, -0.15) is 0 Å². The standard InChI is InChI=1S/C30H32N4O5/c1-20(39-25-7-8-28-27(16-25)26-11-12-36-19-22(26)17-31-28)29-18-34(33-32-29)23-9-13-37-24(15-23)10-14-38-30(35)21-5-3-2-4-6-21/h2-8,16-18,20,23-24H,9-15,19H2,1H3/t20-,23?,24?/m1/s1. The van der Waals surface area contributed by atoms with Crippen LogP contribution in [0.25, 0.3) is 10.9 Å². The first-order valence-electron chi connectivity index (χ1n) is 13.5. The van der Waals surface area contributed by atoms with Gasteiger partial charge in [0.25, 0.3) is 0 Å². The molecule has 2 aromatic carbocycles. The van der Waals surface area contributed by atoms with Crippen molar-refractivity contribution in [1.82, 2.24) is 20.0 Å². The van der Waals surface area contributed by atoms with Crippen molar-refractivity contribution in [2.75, 3.05) is 19.8 Å². The van der Waals surface area contributed by atoms with Crippen molar-refractivity contribution in [1.29, 1.82) is 0 Å². The molecular formula is C30H32N4O5. The van der Waals surface area contributed by atoms with Crippen molar-refractivity contribution >= 4 is 16.9 Å². The zero-order chi connectivity index (χ0) is 26.6. The van der Waals surface area contributed by atoms with Gasteiger partial charge < -0.3 is 18.9 Å². The molecule has 1 saturated heterocycles. The third-order valence-electron chi connectivity index (χ3n) is 7.45. The van der Waals surface area contributed by atoms with Gasteiger partial charge in [0.1, 0.15) is 17.5 Å². The molecule has 9 nitrogen and oxygen atoms in total. The monoisotopic (exact) mass is 528 g/mol. The first-order valence-corrected chi connectivity index (χ1v) is 13.5. The summed E-state index contributed by atoms with van der Waals surface area (Å²) in [6, 6.07) is 15.2. The van der Waals surface area contributed by atoms with Crippen LogP contribution in [0.4, 0.5) is 0 Å². The molecule has 0 spiro atoms. The smallest absolute Gasteiger partial charge is 0.338 e. The summed E-state index contributed by atoms with van der Waals surface area (Å²) in [6.45, 7) is 4.26. The molecule has 6 rings (SSSR count). The lowest BCUT2D eigenvalue weighted by atomic mass is 10.00. The van der Waals surface area contributed by atoms with Crippen molar-refractivity contribution < 1.29 is 23.7 Å². The number of rotatable bonds is 8. The predicted molar refractivity (Wildman–Crippen MR) is 144 cm³/mol. The van der Waals surface area contributed by atoms with Gasteiger partial charge in [0, 0.05) is 24.6 Å². The highest BCUT2D eigenvalue weighted by Gasteiger charge is 2.26. The van der Waals surface area contributed by atoms with Crippen LogP contribution in [0.3, 0.4) is 0 Å². The zero-order valence-electron chi connectivity index (χ0n) is 22.0. The fourth-order valence-electron chi connectivity index (χ4n) is 5.28. The normalized spacial score (nSPS) is 19.8. The van der Waals surface area contributed by atoms with Crippen LogP contribution in [-0.4, -0.2) is 51.9 Å². The Hall–Kier alpha value is -3.82. The summed E-state index contributed by atoms with van der Waals surface area (Å²) >= 11 is 0. The van der Waals surface area contributed by atoms with Crippen molar-refractivity contribution in [2.24, 2.45) is 0 Å². The molecule has 0 radical (unpaired) electrons. The molecule has 0 amide bonds. The van der Waals surface area contributed by atoms with E-state index < -0.39 is 0 Å². The number of hydrogen-bond acceptors (Lipinski definition) is 8. The van der Waals surface area contributed by atoms with E-state index in [4.69, 9.17) is 18.9 Å². The molecule has 1 fully saturated rings. The Bertz CT molecular complexity index is 1440. The van der Waals surface area contributed by atoms with E-state index in [-0.39, 0.29) is 24.2 Å². The van der Waals surface area contributed by atoms with E-state index in [1.807, 2.05) is 54.3 Å². The number of benzene rings is 2. The van der Waals surface area contributed by atoms with Crippen LogP contribution in [0.1, 0.15) is 65.5 Å². The fraction of sp³-hybridized carbons (Fsp3) is 0.400. The van der Waals surface area contributed by atoms with Crippen molar-refractivity contribution in [3.8, 4) is 5.75 Å². The number of ether oxygens (including phenoxy) is 4. The SMILES string of the molecule is C[C@@H](Oc1ccc2ncc3c(c2c1)CCOC3)c1cn(C2CCOC(CCOC(=O)c3ccccc3)C2)nn1. The van der Waals surface area contributed by atoms with E-state index >= 15 is 0 Å². The molecule has 202 valence electrons. The summed E-state index contributed by atoms with van der Waals surface area (Å²) in [5, 5.41) is 9.95. The molecule has 2 unspecified atom stereocenters. The van der Waals surface area contributed by atoms with Crippen LogP contribution in [0.2, 0.25) is 0 Å². The summed E-state index contributed by atoms with van der Waals surface area (Å²) in [5.41, 5.74) is 4.73. The first-order chi connectivity index (χ1) is 19.1. The van der Waals surface area contributed by atoms with Crippen molar-refractivity contribution in [3.05, 3.63) is 83.3 Å². The molecule has 2 aliphatic heterocycles. The minimum Gasteiger partial charge on any atom is -0.484 e. The van der Waals surface area contributed by atoms with Gasteiger partial charge in [-0.3, -0.25) is 4.98 Å². The van der Waals surface area contributed by atoms with Gasteiger partial charge in [-0.15, -0.1) is 5.10 Å². The maximum Gasteiger partial charge on any atom is 0.338 e. The van der Waals surface area contributed by atoms with Crippen molar-refractivity contribution in [2.45, 2.75) is 57.5 Å². The Morgan fingerprint density at radius 2 is 2.08 bits per heavy atom. The Balaban J connectivity index is 1.05. The van der Waals surface area contributed by atoms with E-state index in [2.05, 4.69) is 21.4 Å². The summed E-state index contributed by atoms with van der Waals surface area (Å²) in [6.07, 6.45) is 6.77. The van der Waals surface area contributed by atoms with Gasteiger partial charge in [0.2, 0.25) is 0 Å². The molecule has 2 aliphatic rings. The topological polar surface area (TPSA) is 97.6 Å². The molecule has 0 saturated carbocycles. The second-order valence-corrected chi connectivity index (χ2v) is 10.1. The number of carbonyl (C=O) groups is 1. The number of nitrogens with zero attached hydrogens (tertiary/aromatic N) is 4. The van der Waals surface area contributed by atoms with Gasteiger partial charge in [-0.25, -0.2) is 9.48 Å². The summed E-state index contributed by atoms with van der Waals surface area (Å²) in [4.78, 5) is 16.8. The van der Waals surface area contributed by atoms with Gasteiger partial charge in [0.15, 0.2) is 0 Å². The first kappa shape index (κ1) is 25.5. The van der Waals surface area contributed by atoms with Crippen molar-refractivity contribution in [3.63, 3.8) is 0 Å². The highest BCUT2D eigenvalue weighted by molar-refractivity contribution is 5.89.